The monoisotopic (exact) mass is 264 g/mol. The Hall–Kier alpha value is -1.21. The standard InChI is InChI=1S/C10H14F2N2O2S/c1-6-7(13)4-8(17-6)10(15)14-2-3-16-5-9(11)12/h4,9H,2-3,5,13H2,1H3,(H,14,15). The van der Waals surface area contributed by atoms with Crippen molar-refractivity contribution >= 4 is 22.9 Å². The molecule has 1 amide bonds. The molecule has 0 saturated heterocycles. The topological polar surface area (TPSA) is 64.3 Å². The van der Waals surface area contributed by atoms with Crippen molar-refractivity contribution in [3.63, 3.8) is 0 Å². The van der Waals surface area contributed by atoms with Crippen LogP contribution in [0.2, 0.25) is 0 Å². The Morgan fingerprint density at radius 1 is 1.65 bits per heavy atom. The Morgan fingerprint density at radius 3 is 2.88 bits per heavy atom. The first-order valence-electron chi connectivity index (χ1n) is 5.00. The lowest BCUT2D eigenvalue weighted by atomic mass is 10.3. The van der Waals surface area contributed by atoms with E-state index < -0.39 is 13.0 Å². The summed E-state index contributed by atoms with van der Waals surface area (Å²) in [4.78, 5) is 12.9. The molecule has 0 aromatic carbocycles. The number of carbonyl (C=O) groups is 1. The van der Waals surface area contributed by atoms with Gasteiger partial charge in [0.25, 0.3) is 12.3 Å². The summed E-state index contributed by atoms with van der Waals surface area (Å²) in [6.07, 6.45) is -2.48. The Balaban J connectivity index is 2.26. The summed E-state index contributed by atoms with van der Waals surface area (Å²) >= 11 is 1.29. The van der Waals surface area contributed by atoms with Crippen LogP contribution in [0.4, 0.5) is 14.5 Å². The predicted molar refractivity (Wildman–Crippen MR) is 62.6 cm³/mol. The molecule has 0 bridgehead atoms. The number of hydrogen-bond acceptors (Lipinski definition) is 4. The zero-order valence-electron chi connectivity index (χ0n) is 9.33. The van der Waals surface area contributed by atoms with E-state index in [1.807, 2.05) is 6.92 Å². The molecule has 1 rings (SSSR count). The van der Waals surface area contributed by atoms with Crippen molar-refractivity contribution in [2.24, 2.45) is 0 Å². The molecule has 4 nitrogen and oxygen atoms in total. The van der Waals surface area contributed by atoms with E-state index in [0.717, 1.165) is 4.88 Å². The third-order valence-corrected chi connectivity index (χ3v) is 3.02. The van der Waals surface area contributed by atoms with E-state index in [-0.39, 0.29) is 19.1 Å². The van der Waals surface area contributed by atoms with Crippen molar-refractivity contribution in [1.82, 2.24) is 5.32 Å². The first kappa shape index (κ1) is 13.9. The molecule has 0 fully saturated rings. The number of hydrogen-bond donors (Lipinski definition) is 2. The van der Waals surface area contributed by atoms with Gasteiger partial charge in [0.05, 0.1) is 11.5 Å². The van der Waals surface area contributed by atoms with Gasteiger partial charge in [0.15, 0.2) is 0 Å². The minimum atomic E-state index is -2.48. The van der Waals surface area contributed by atoms with Gasteiger partial charge in [-0.25, -0.2) is 8.78 Å². The normalized spacial score (nSPS) is 10.8. The first-order valence-corrected chi connectivity index (χ1v) is 5.82. The molecule has 1 aromatic heterocycles. The maximum absolute atomic E-state index is 11.7. The quantitative estimate of drug-likeness (QED) is 0.768. The molecule has 0 aliphatic heterocycles. The van der Waals surface area contributed by atoms with Crippen LogP contribution in [0.5, 0.6) is 0 Å². The Labute approximate surface area is 102 Å². The summed E-state index contributed by atoms with van der Waals surface area (Å²) in [5, 5.41) is 2.56. The molecule has 17 heavy (non-hydrogen) atoms. The van der Waals surface area contributed by atoms with E-state index in [2.05, 4.69) is 10.1 Å². The minimum absolute atomic E-state index is 0.0654. The maximum Gasteiger partial charge on any atom is 0.261 e. The largest absolute Gasteiger partial charge is 0.398 e. The summed E-state index contributed by atoms with van der Waals surface area (Å²) in [5.41, 5.74) is 6.19. The predicted octanol–water partition coefficient (Wildman–Crippen LogP) is 1.65. The molecule has 0 aliphatic carbocycles. The van der Waals surface area contributed by atoms with Gasteiger partial charge in [-0.15, -0.1) is 11.3 Å². The van der Waals surface area contributed by atoms with E-state index in [4.69, 9.17) is 5.73 Å². The van der Waals surface area contributed by atoms with Gasteiger partial charge >= 0.3 is 0 Å². The number of halogens is 2. The molecule has 96 valence electrons. The van der Waals surface area contributed by atoms with Crippen molar-refractivity contribution in [3.8, 4) is 0 Å². The van der Waals surface area contributed by atoms with Gasteiger partial charge in [0.2, 0.25) is 0 Å². The molecule has 0 radical (unpaired) electrons. The summed E-state index contributed by atoms with van der Waals surface area (Å²) < 4.78 is 28.0. The van der Waals surface area contributed by atoms with E-state index >= 15 is 0 Å². The molecule has 0 unspecified atom stereocenters. The average Bonchev–Trinajstić information content (AvgIpc) is 2.58. The second kappa shape index (κ2) is 6.51. The third-order valence-electron chi connectivity index (χ3n) is 1.96. The fourth-order valence-electron chi connectivity index (χ4n) is 1.10. The summed E-state index contributed by atoms with van der Waals surface area (Å²) in [6.45, 7) is 1.47. The Morgan fingerprint density at radius 2 is 2.35 bits per heavy atom. The van der Waals surface area contributed by atoms with Crippen molar-refractivity contribution in [2.75, 3.05) is 25.5 Å². The molecular weight excluding hydrogens is 250 g/mol. The number of nitrogens with one attached hydrogen (secondary N) is 1. The number of aryl methyl sites for hydroxylation is 1. The average molecular weight is 264 g/mol. The maximum atomic E-state index is 11.7. The minimum Gasteiger partial charge on any atom is -0.398 e. The number of nitrogen functional groups attached to an aromatic ring is 1. The van der Waals surface area contributed by atoms with Crippen LogP contribution in [0.3, 0.4) is 0 Å². The third kappa shape index (κ3) is 4.66. The first-order chi connectivity index (χ1) is 8.00. The van der Waals surface area contributed by atoms with Gasteiger partial charge in [-0.05, 0) is 13.0 Å². The molecule has 0 spiro atoms. The molecule has 1 aromatic rings. The van der Waals surface area contributed by atoms with Crippen molar-refractivity contribution in [3.05, 3.63) is 15.8 Å². The van der Waals surface area contributed by atoms with Crippen LogP contribution >= 0.6 is 11.3 Å². The van der Waals surface area contributed by atoms with Crippen LogP contribution in [0.25, 0.3) is 0 Å². The zero-order valence-corrected chi connectivity index (χ0v) is 10.2. The second-order valence-electron chi connectivity index (χ2n) is 3.34. The summed E-state index contributed by atoms with van der Waals surface area (Å²) in [5.74, 6) is -0.268. The van der Waals surface area contributed by atoms with Gasteiger partial charge in [0.1, 0.15) is 6.61 Å². The Bertz CT molecular complexity index is 363. The van der Waals surface area contributed by atoms with Gasteiger partial charge in [0, 0.05) is 17.1 Å². The number of thiophene rings is 1. The number of nitrogens with two attached hydrogens (primary N) is 1. The summed E-state index contributed by atoms with van der Waals surface area (Å²) in [6, 6.07) is 1.59. The van der Waals surface area contributed by atoms with E-state index in [9.17, 15) is 13.6 Å². The number of rotatable bonds is 6. The van der Waals surface area contributed by atoms with Gasteiger partial charge < -0.3 is 15.8 Å². The van der Waals surface area contributed by atoms with E-state index in [1.54, 1.807) is 6.07 Å². The van der Waals surface area contributed by atoms with Crippen molar-refractivity contribution in [2.45, 2.75) is 13.3 Å². The van der Waals surface area contributed by atoms with Crippen molar-refractivity contribution in [1.29, 1.82) is 0 Å². The molecule has 7 heteroatoms. The zero-order chi connectivity index (χ0) is 12.8. The highest BCUT2D eigenvalue weighted by Gasteiger charge is 2.10. The van der Waals surface area contributed by atoms with Crippen LogP contribution in [-0.4, -0.2) is 32.1 Å². The molecule has 0 atom stereocenters. The number of amides is 1. The number of carbonyl (C=O) groups excluding carboxylic acids is 1. The SMILES string of the molecule is Cc1sc(C(=O)NCCOCC(F)F)cc1N. The lowest BCUT2D eigenvalue weighted by Crippen LogP contribution is -2.27. The number of alkyl halides is 2. The van der Waals surface area contributed by atoms with Gasteiger partial charge in [-0.3, -0.25) is 4.79 Å². The highest BCUT2D eigenvalue weighted by atomic mass is 32.1. The number of ether oxygens (including phenoxy) is 1. The fourth-order valence-corrected chi connectivity index (χ4v) is 1.96. The van der Waals surface area contributed by atoms with E-state index in [1.165, 1.54) is 11.3 Å². The fraction of sp³-hybridized carbons (Fsp3) is 0.500. The van der Waals surface area contributed by atoms with Crippen LogP contribution in [0.15, 0.2) is 6.07 Å². The smallest absolute Gasteiger partial charge is 0.261 e. The molecule has 0 saturated carbocycles. The Kier molecular flexibility index (Phi) is 5.30. The summed E-state index contributed by atoms with van der Waals surface area (Å²) in [7, 11) is 0. The molecule has 1 heterocycles. The molecule has 3 N–H and O–H groups in total. The van der Waals surface area contributed by atoms with Crippen molar-refractivity contribution < 1.29 is 18.3 Å². The van der Waals surface area contributed by atoms with Crippen LogP contribution in [-0.2, 0) is 4.74 Å². The van der Waals surface area contributed by atoms with Gasteiger partial charge in [-0.2, -0.15) is 0 Å². The van der Waals surface area contributed by atoms with Gasteiger partial charge in [-0.1, -0.05) is 0 Å². The van der Waals surface area contributed by atoms with Crippen LogP contribution < -0.4 is 11.1 Å². The lowest BCUT2D eigenvalue weighted by Gasteiger charge is -2.04. The lowest BCUT2D eigenvalue weighted by molar-refractivity contribution is 0.0188. The van der Waals surface area contributed by atoms with Crippen LogP contribution in [0.1, 0.15) is 14.5 Å². The molecular formula is C10H14F2N2O2S. The second-order valence-corrected chi connectivity index (χ2v) is 4.60. The van der Waals surface area contributed by atoms with Crippen LogP contribution in [0, 0.1) is 6.92 Å². The van der Waals surface area contributed by atoms with E-state index in [0.29, 0.717) is 10.6 Å². The molecule has 0 aliphatic rings. The highest BCUT2D eigenvalue weighted by molar-refractivity contribution is 7.14. The number of anilines is 1. The highest BCUT2D eigenvalue weighted by Crippen LogP contribution is 2.22.